The summed E-state index contributed by atoms with van der Waals surface area (Å²) in [7, 11) is 0. The molecule has 1 aliphatic carbocycles. The molecule has 0 aromatic heterocycles. The number of carbonyl (C=O) groups excluding carboxylic acids is 5. The Morgan fingerprint density at radius 2 is 1.30 bits per heavy atom. The molecule has 0 bridgehead atoms. The topological polar surface area (TPSA) is 155 Å². The molecule has 1 amide bonds. The first-order valence-electron chi connectivity index (χ1n) is 8.03. The summed E-state index contributed by atoms with van der Waals surface area (Å²) in [5.41, 5.74) is -2.23. The van der Waals surface area contributed by atoms with Crippen LogP contribution in [0.4, 0.5) is 0 Å². The average molecular weight is 389 g/mol. The number of amides is 1. The Bertz CT molecular complexity index is 589. The van der Waals surface area contributed by atoms with Crippen LogP contribution in [0.3, 0.4) is 0 Å². The van der Waals surface area contributed by atoms with Gasteiger partial charge in [0.15, 0.2) is 23.9 Å². The molecule has 0 unspecified atom stereocenters. The summed E-state index contributed by atoms with van der Waals surface area (Å²) in [6.07, 6.45) is -4.44. The van der Waals surface area contributed by atoms with Crippen LogP contribution in [-0.4, -0.2) is 71.5 Å². The van der Waals surface area contributed by atoms with E-state index in [1.54, 1.807) is 0 Å². The standard InChI is InChI=1S/C16H23NO10/c1-7(18)17-14-12(25-9(3)20)13(26-10(4)21)15(27-11(5)22)16(14,23)6-24-8(2)19/h12-15,23H,6H2,1-5H3,(H,17,18)/t12-,13-,14-,15-,16-/m0/s1. The molecule has 1 aliphatic rings. The zero-order valence-corrected chi connectivity index (χ0v) is 15.6. The molecule has 0 radical (unpaired) electrons. The van der Waals surface area contributed by atoms with Crippen molar-refractivity contribution in [2.24, 2.45) is 0 Å². The molecule has 1 saturated carbocycles. The monoisotopic (exact) mass is 389 g/mol. The first kappa shape index (κ1) is 22.4. The van der Waals surface area contributed by atoms with Crippen LogP contribution in [-0.2, 0) is 42.9 Å². The van der Waals surface area contributed by atoms with Crippen LogP contribution in [0.1, 0.15) is 34.6 Å². The van der Waals surface area contributed by atoms with Gasteiger partial charge in [0.05, 0.1) is 0 Å². The molecule has 2 N–H and O–H groups in total. The molecule has 0 aliphatic heterocycles. The lowest BCUT2D eigenvalue weighted by atomic mass is 9.95. The third kappa shape index (κ3) is 5.64. The SMILES string of the molecule is CC(=O)N[C@H]1[C@@H](OC(C)=O)[C@H](OC(C)=O)[C@H](OC(C)=O)[C@]1(O)COC(C)=O. The van der Waals surface area contributed by atoms with Crippen molar-refractivity contribution >= 4 is 29.8 Å². The molecule has 1 rings (SSSR count). The largest absolute Gasteiger partial charge is 0.463 e. The number of aliphatic hydroxyl groups is 1. The normalized spacial score (nSPS) is 29.4. The van der Waals surface area contributed by atoms with Gasteiger partial charge in [-0.15, -0.1) is 0 Å². The van der Waals surface area contributed by atoms with E-state index in [9.17, 15) is 29.1 Å². The van der Waals surface area contributed by atoms with E-state index in [-0.39, 0.29) is 0 Å². The number of nitrogens with one attached hydrogen (secondary N) is 1. The van der Waals surface area contributed by atoms with E-state index in [1.807, 2.05) is 0 Å². The van der Waals surface area contributed by atoms with Crippen molar-refractivity contribution in [2.45, 2.75) is 64.6 Å². The lowest BCUT2D eigenvalue weighted by molar-refractivity contribution is -0.189. The van der Waals surface area contributed by atoms with Gasteiger partial charge in [-0.05, 0) is 0 Å². The van der Waals surface area contributed by atoms with E-state index in [4.69, 9.17) is 18.9 Å². The molecule has 0 heterocycles. The number of carbonyl (C=O) groups is 5. The molecule has 11 nitrogen and oxygen atoms in total. The minimum absolute atomic E-state index is 0.622. The van der Waals surface area contributed by atoms with Gasteiger partial charge in [-0.25, -0.2) is 0 Å². The highest BCUT2D eigenvalue weighted by Gasteiger charge is 2.66. The van der Waals surface area contributed by atoms with Gasteiger partial charge in [0, 0.05) is 34.6 Å². The fraction of sp³-hybridized carbons (Fsp3) is 0.688. The summed E-state index contributed by atoms with van der Waals surface area (Å²) in [4.78, 5) is 57.4. The lowest BCUT2D eigenvalue weighted by Gasteiger charge is -2.34. The van der Waals surface area contributed by atoms with E-state index in [2.05, 4.69) is 5.32 Å². The van der Waals surface area contributed by atoms with E-state index >= 15 is 0 Å². The minimum atomic E-state index is -2.23. The van der Waals surface area contributed by atoms with Gasteiger partial charge in [0.2, 0.25) is 5.91 Å². The van der Waals surface area contributed by atoms with Crippen LogP contribution in [0.15, 0.2) is 0 Å². The van der Waals surface area contributed by atoms with Gasteiger partial charge in [0.25, 0.3) is 0 Å². The number of hydrogen-bond acceptors (Lipinski definition) is 10. The maximum Gasteiger partial charge on any atom is 0.303 e. The summed E-state index contributed by atoms with van der Waals surface area (Å²) in [6.45, 7) is 4.67. The Kier molecular flexibility index (Phi) is 7.28. The predicted octanol–water partition coefficient (Wildman–Crippen LogP) is -1.41. The summed E-state index contributed by atoms with van der Waals surface area (Å²) >= 11 is 0. The van der Waals surface area contributed by atoms with Crippen molar-refractivity contribution in [3.8, 4) is 0 Å². The molecular formula is C16H23NO10. The average Bonchev–Trinajstić information content (AvgIpc) is 2.67. The van der Waals surface area contributed by atoms with E-state index in [0.29, 0.717) is 0 Å². The Labute approximate surface area is 155 Å². The smallest absolute Gasteiger partial charge is 0.303 e. The fourth-order valence-corrected chi connectivity index (χ4v) is 2.92. The minimum Gasteiger partial charge on any atom is -0.463 e. The van der Waals surface area contributed by atoms with Crippen molar-refractivity contribution in [1.29, 1.82) is 0 Å². The number of esters is 4. The van der Waals surface area contributed by atoms with Crippen LogP contribution < -0.4 is 5.32 Å². The van der Waals surface area contributed by atoms with Crippen LogP contribution in [0, 0.1) is 0 Å². The molecule has 0 aromatic rings. The molecule has 152 valence electrons. The summed E-state index contributed by atoms with van der Waals surface area (Å²) < 4.78 is 20.2. The number of hydrogen-bond donors (Lipinski definition) is 2. The molecular weight excluding hydrogens is 366 g/mol. The molecule has 27 heavy (non-hydrogen) atoms. The maximum absolute atomic E-state index is 11.6. The molecule has 5 atom stereocenters. The fourth-order valence-electron chi connectivity index (χ4n) is 2.92. The second-order valence-electron chi connectivity index (χ2n) is 6.13. The van der Waals surface area contributed by atoms with Crippen molar-refractivity contribution in [3.63, 3.8) is 0 Å². The van der Waals surface area contributed by atoms with Crippen LogP contribution >= 0.6 is 0 Å². The highest BCUT2D eigenvalue weighted by molar-refractivity contribution is 5.74. The van der Waals surface area contributed by atoms with Crippen molar-refractivity contribution in [3.05, 3.63) is 0 Å². The van der Waals surface area contributed by atoms with Gasteiger partial charge in [0.1, 0.15) is 12.6 Å². The first-order valence-corrected chi connectivity index (χ1v) is 8.03. The zero-order chi connectivity index (χ0) is 20.9. The second kappa shape index (κ2) is 8.80. The quantitative estimate of drug-likeness (QED) is 0.409. The maximum atomic E-state index is 11.6. The number of ether oxygens (including phenoxy) is 4. The van der Waals surface area contributed by atoms with Gasteiger partial charge >= 0.3 is 23.9 Å². The van der Waals surface area contributed by atoms with Gasteiger partial charge in [-0.3, -0.25) is 24.0 Å². The first-order chi connectivity index (χ1) is 12.4. The lowest BCUT2D eigenvalue weighted by Crippen LogP contribution is -2.60. The molecule has 0 saturated heterocycles. The van der Waals surface area contributed by atoms with Crippen LogP contribution in [0.25, 0.3) is 0 Å². The van der Waals surface area contributed by atoms with Crippen LogP contribution in [0.5, 0.6) is 0 Å². The van der Waals surface area contributed by atoms with Crippen molar-refractivity contribution in [1.82, 2.24) is 5.32 Å². The van der Waals surface area contributed by atoms with Crippen molar-refractivity contribution < 1.29 is 48.0 Å². The van der Waals surface area contributed by atoms with E-state index < -0.39 is 66.3 Å². The molecule has 0 aromatic carbocycles. The highest BCUT2D eigenvalue weighted by atomic mass is 16.6. The Hall–Kier alpha value is -2.69. The predicted molar refractivity (Wildman–Crippen MR) is 85.8 cm³/mol. The number of rotatable bonds is 6. The summed E-state index contributed by atoms with van der Waals surface area (Å²) in [5, 5.41) is 13.6. The second-order valence-corrected chi connectivity index (χ2v) is 6.13. The van der Waals surface area contributed by atoms with Gasteiger partial charge < -0.3 is 29.4 Å². The summed E-state index contributed by atoms with van der Waals surface area (Å²) in [6, 6.07) is -1.40. The Morgan fingerprint density at radius 1 is 0.815 bits per heavy atom. The summed E-state index contributed by atoms with van der Waals surface area (Å²) in [5.74, 6) is -3.84. The van der Waals surface area contributed by atoms with E-state index in [1.165, 1.54) is 0 Å². The highest BCUT2D eigenvalue weighted by Crippen LogP contribution is 2.38. The zero-order valence-electron chi connectivity index (χ0n) is 15.6. The third-order valence-electron chi connectivity index (χ3n) is 3.74. The Balaban J connectivity index is 3.48. The van der Waals surface area contributed by atoms with E-state index in [0.717, 1.165) is 34.6 Å². The molecule has 11 heteroatoms. The third-order valence-corrected chi connectivity index (χ3v) is 3.74. The molecule has 0 spiro atoms. The van der Waals surface area contributed by atoms with Crippen molar-refractivity contribution in [2.75, 3.05) is 6.61 Å². The van der Waals surface area contributed by atoms with Crippen LogP contribution in [0.2, 0.25) is 0 Å². The van der Waals surface area contributed by atoms with Gasteiger partial charge in [-0.2, -0.15) is 0 Å². The Morgan fingerprint density at radius 3 is 1.70 bits per heavy atom. The van der Waals surface area contributed by atoms with Gasteiger partial charge in [-0.1, -0.05) is 0 Å². The molecule has 1 fully saturated rings.